The number of rotatable bonds is 6. The van der Waals surface area contributed by atoms with Crippen molar-refractivity contribution in [3.63, 3.8) is 0 Å². The van der Waals surface area contributed by atoms with Gasteiger partial charge < -0.3 is 9.84 Å². The summed E-state index contributed by atoms with van der Waals surface area (Å²) in [6, 6.07) is 18.8. The van der Waals surface area contributed by atoms with E-state index in [2.05, 4.69) is 0 Å². The molecule has 114 valence electrons. The van der Waals surface area contributed by atoms with Gasteiger partial charge in [-0.25, -0.2) is 4.79 Å². The fourth-order valence-electron chi connectivity index (χ4n) is 2.32. The van der Waals surface area contributed by atoms with E-state index in [1.807, 2.05) is 48.6 Å². The molecule has 0 aromatic heterocycles. The normalized spacial score (nSPS) is 13.7. The van der Waals surface area contributed by atoms with Crippen LogP contribution in [-0.4, -0.2) is 18.2 Å². The van der Waals surface area contributed by atoms with Gasteiger partial charge in [0.15, 0.2) is 5.60 Å². The number of hydrogen-bond donors (Lipinski definition) is 1. The minimum atomic E-state index is -1.61. The van der Waals surface area contributed by atoms with Crippen molar-refractivity contribution in [2.75, 3.05) is 7.11 Å². The minimum absolute atomic E-state index is 0.271. The SMILES string of the molecule is COC(=O)[C@@](O)(CCC=Cc1ccccc1)c1ccccc1. The van der Waals surface area contributed by atoms with Gasteiger partial charge in [-0.3, -0.25) is 0 Å². The van der Waals surface area contributed by atoms with Gasteiger partial charge in [-0.05, 0) is 24.0 Å². The lowest BCUT2D eigenvalue weighted by molar-refractivity contribution is -0.164. The monoisotopic (exact) mass is 296 g/mol. The van der Waals surface area contributed by atoms with Crippen molar-refractivity contribution in [3.8, 4) is 0 Å². The Morgan fingerprint density at radius 1 is 1.09 bits per heavy atom. The highest BCUT2D eigenvalue weighted by atomic mass is 16.5. The molecule has 22 heavy (non-hydrogen) atoms. The van der Waals surface area contributed by atoms with Crippen molar-refractivity contribution < 1.29 is 14.6 Å². The van der Waals surface area contributed by atoms with Gasteiger partial charge in [0.05, 0.1) is 7.11 Å². The van der Waals surface area contributed by atoms with E-state index >= 15 is 0 Å². The van der Waals surface area contributed by atoms with Crippen LogP contribution in [0, 0.1) is 0 Å². The minimum Gasteiger partial charge on any atom is -0.467 e. The summed E-state index contributed by atoms with van der Waals surface area (Å²) in [6.07, 6.45) is 4.76. The first kappa shape index (κ1) is 16.0. The summed E-state index contributed by atoms with van der Waals surface area (Å²) in [5.41, 5.74) is 0.0237. The van der Waals surface area contributed by atoms with Gasteiger partial charge in [0, 0.05) is 0 Å². The molecule has 0 bridgehead atoms. The standard InChI is InChI=1S/C19H20O3/c1-22-18(20)19(21,17-13-6-3-7-14-17)15-9-8-12-16-10-4-2-5-11-16/h2-8,10-14,21H,9,15H2,1H3/t19-/m1/s1. The molecule has 0 aliphatic heterocycles. The van der Waals surface area contributed by atoms with Crippen LogP contribution in [0.15, 0.2) is 66.7 Å². The lowest BCUT2D eigenvalue weighted by Crippen LogP contribution is -2.36. The van der Waals surface area contributed by atoms with Crippen molar-refractivity contribution in [1.29, 1.82) is 0 Å². The Morgan fingerprint density at radius 3 is 2.27 bits per heavy atom. The lowest BCUT2D eigenvalue weighted by Gasteiger charge is -2.25. The van der Waals surface area contributed by atoms with Crippen molar-refractivity contribution in [2.24, 2.45) is 0 Å². The number of methoxy groups -OCH3 is 1. The molecule has 0 aliphatic rings. The predicted octanol–water partition coefficient (Wildman–Crippen LogP) is 3.54. The zero-order valence-electron chi connectivity index (χ0n) is 12.6. The van der Waals surface area contributed by atoms with Crippen LogP contribution in [0.1, 0.15) is 24.0 Å². The average Bonchev–Trinajstić information content (AvgIpc) is 2.59. The molecule has 0 saturated carbocycles. The van der Waals surface area contributed by atoms with Gasteiger partial charge in [0.1, 0.15) is 0 Å². The van der Waals surface area contributed by atoms with Crippen molar-refractivity contribution in [2.45, 2.75) is 18.4 Å². The van der Waals surface area contributed by atoms with E-state index in [-0.39, 0.29) is 6.42 Å². The summed E-state index contributed by atoms with van der Waals surface area (Å²) >= 11 is 0. The number of allylic oxidation sites excluding steroid dienone is 1. The first-order valence-corrected chi connectivity index (χ1v) is 7.25. The van der Waals surface area contributed by atoms with Crippen LogP contribution in [0.5, 0.6) is 0 Å². The van der Waals surface area contributed by atoms with Gasteiger partial charge >= 0.3 is 5.97 Å². The third-order valence-corrected chi connectivity index (χ3v) is 3.56. The van der Waals surface area contributed by atoms with E-state index in [0.717, 1.165) is 5.56 Å². The smallest absolute Gasteiger partial charge is 0.342 e. The molecule has 3 heteroatoms. The van der Waals surface area contributed by atoms with Gasteiger partial charge in [-0.15, -0.1) is 0 Å². The average molecular weight is 296 g/mol. The van der Waals surface area contributed by atoms with Crippen molar-refractivity contribution in [3.05, 3.63) is 77.9 Å². The summed E-state index contributed by atoms with van der Waals surface area (Å²) in [5.74, 6) is -0.633. The molecule has 0 unspecified atom stereocenters. The molecule has 0 radical (unpaired) electrons. The Morgan fingerprint density at radius 2 is 1.68 bits per heavy atom. The van der Waals surface area contributed by atoms with E-state index in [4.69, 9.17) is 4.74 Å². The summed E-state index contributed by atoms with van der Waals surface area (Å²) in [5, 5.41) is 10.7. The van der Waals surface area contributed by atoms with Crippen LogP contribution in [-0.2, 0) is 15.1 Å². The first-order chi connectivity index (χ1) is 10.7. The van der Waals surface area contributed by atoms with Crippen LogP contribution in [0.2, 0.25) is 0 Å². The van der Waals surface area contributed by atoms with E-state index in [0.29, 0.717) is 12.0 Å². The maximum atomic E-state index is 12.0. The number of hydrogen-bond acceptors (Lipinski definition) is 3. The van der Waals surface area contributed by atoms with Crippen LogP contribution in [0.25, 0.3) is 6.08 Å². The highest BCUT2D eigenvalue weighted by Crippen LogP contribution is 2.28. The molecule has 0 fully saturated rings. The summed E-state index contributed by atoms with van der Waals surface area (Å²) in [6.45, 7) is 0. The third kappa shape index (κ3) is 3.83. The predicted molar refractivity (Wildman–Crippen MR) is 87.1 cm³/mol. The molecule has 1 atom stereocenters. The van der Waals surface area contributed by atoms with Crippen LogP contribution < -0.4 is 0 Å². The Kier molecular flexibility index (Phi) is 5.50. The van der Waals surface area contributed by atoms with Crippen LogP contribution in [0.3, 0.4) is 0 Å². The molecule has 1 N–H and O–H groups in total. The quantitative estimate of drug-likeness (QED) is 0.829. The fraction of sp³-hybridized carbons (Fsp3) is 0.211. The van der Waals surface area contributed by atoms with E-state index in [9.17, 15) is 9.90 Å². The summed E-state index contributed by atoms with van der Waals surface area (Å²) in [7, 11) is 1.29. The van der Waals surface area contributed by atoms with Gasteiger partial charge in [0.25, 0.3) is 0 Å². The second-order valence-corrected chi connectivity index (χ2v) is 5.07. The Balaban J connectivity index is 2.08. The molecule has 2 rings (SSSR count). The number of ether oxygens (including phenoxy) is 1. The summed E-state index contributed by atoms with van der Waals surface area (Å²) < 4.78 is 4.77. The lowest BCUT2D eigenvalue weighted by atomic mass is 9.89. The van der Waals surface area contributed by atoms with Crippen LogP contribution in [0.4, 0.5) is 0 Å². The zero-order chi connectivity index (χ0) is 15.8. The Bertz CT molecular complexity index is 620. The van der Waals surface area contributed by atoms with Gasteiger partial charge in [-0.1, -0.05) is 72.8 Å². The van der Waals surface area contributed by atoms with Crippen molar-refractivity contribution >= 4 is 12.0 Å². The molecule has 0 heterocycles. The molecule has 0 spiro atoms. The molecule has 0 saturated heterocycles. The highest BCUT2D eigenvalue weighted by Gasteiger charge is 2.38. The zero-order valence-corrected chi connectivity index (χ0v) is 12.6. The number of esters is 1. The number of aliphatic hydroxyl groups is 1. The van der Waals surface area contributed by atoms with E-state index in [1.165, 1.54) is 7.11 Å². The molecule has 2 aromatic carbocycles. The third-order valence-electron chi connectivity index (χ3n) is 3.56. The molecule has 2 aromatic rings. The van der Waals surface area contributed by atoms with Crippen LogP contribution >= 0.6 is 0 Å². The molecule has 0 aliphatic carbocycles. The number of benzene rings is 2. The Labute approximate surface area is 130 Å². The topological polar surface area (TPSA) is 46.5 Å². The summed E-state index contributed by atoms with van der Waals surface area (Å²) in [4.78, 5) is 12.0. The Hall–Kier alpha value is -2.39. The second-order valence-electron chi connectivity index (χ2n) is 5.07. The molecular formula is C19H20O3. The first-order valence-electron chi connectivity index (χ1n) is 7.25. The second kappa shape index (κ2) is 7.57. The van der Waals surface area contributed by atoms with E-state index in [1.54, 1.807) is 24.3 Å². The van der Waals surface area contributed by atoms with Gasteiger partial charge in [-0.2, -0.15) is 0 Å². The maximum Gasteiger partial charge on any atom is 0.342 e. The molecular weight excluding hydrogens is 276 g/mol. The highest BCUT2D eigenvalue weighted by molar-refractivity contribution is 5.81. The van der Waals surface area contributed by atoms with E-state index < -0.39 is 11.6 Å². The number of carbonyl (C=O) groups excluding carboxylic acids is 1. The number of carbonyl (C=O) groups is 1. The van der Waals surface area contributed by atoms with Gasteiger partial charge in [0.2, 0.25) is 0 Å². The fourth-order valence-corrected chi connectivity index (χ4v) is 2.32. The van der Waals surface area contributed by atoms with Crippen molar-refractivity contribution in [1.82, 2.24) is 0 Å². The largest absolute Gasteiger partial charge is 0.467 e. The maximum absolute atomic E-state index is 12.0. The molecule has 0 amide bonds. The molecule has 3 nitrogen and oxygen atoms in total.